The topological polar surface area (TPSA) is 49.4 Å². The molecule has 1 atom stereocenters. The minimum Gasteiger partial charge on any atom is -0.340 e. The molecule has 2 saturated carbocycles. The highest BCUT2D eigenvalue weighted by atomic mass is 16.2. The highest BCUT2D eigenvalue weighted by molar-refractivity contribution is 6.00. The molecule has 1 heterocycles. The fourth-order valence-electron chi connectivity index (χ4n) is 3.85. The molecule has 3 rings (SSSR count). The molecular weight excluding hydrogens is 240 g/mol. The molecule has 2 aliphatic carbocycles. The first-order valence-electron chi connectivity index (χ1n) is 7.83. The summed E-state index contributed by atoms with van der Waals surface area (Å²) in [6, 6.07) is 0.0904. The van der Waals surface area contributed by atoms with Gasteiger partial charge in [-0.05, 0) is 38.5 Å². The Morgan fingerprint density at radius 2 is 1.84 bits per heavy atom. The predicted octanol–water partition coefficient (Wildman–Crippen LogP) is 1.98. The lowest BCUT2D eigenvalue weighted by atomic mass is 9.76. The van der Waals surface area contributed by atoms with E-state index in [4.69, 9.17) is 0 Å². The summed E-state index contributed by atoms with van der Waals surface area (Å²) in [6.07, 6.45) is 9.03. The second kappa shape index (κ2) is 4.80. The first-order valence-corrected chi connectivity index (χ1v) is 7.83. The summed E-state index contributed by atoms with van der Waals surface area (Å²) in [6.45, 7) is 2.00. The van der Waals surface area contributed by atoms with E-state index < -0.39 is 5.54 Å². The number of hydrogen-bond acceptors (Lipinski definition) is 2. The van der Waals surface area contributed by atoms with Crippen molar-refractivity contribution in [3.63, 3.8) is 0 Å². The Labute approximate surface area is 114 Å². The number of carbonyl (C=O) groups excluding carboxylic acids is 2. The monoisotopic (exact) mass is 264 g/mol. The molecule has 1 unspecified atom stereocenters. The van der Waals surface area contributed by atoms with Gasteiger partial charge in [-0.3, -0.25) is 9.59 Å². The van der Waals surface area contributed by atoms with E-state index in [0.717, 1.165) is 44.9 Å². The van der Waals surface area contributed by atoms with Gasteiger partial charge in [0.15, 0.2) is 0 Å². The van der Waals surface area contributed by atoms with Gasteiger partial charge in [-0.25, -0.2) is 0 Å². The third kappa shape index (κ3) is 1.96. The number of piperazine rings is 1. The van der Waals surface area contributed by atoms with Gasteiger partial charge in [-0.2, -0.15) is 0 Å². The molecule has 0 aromatic rings. The normalized spacial score (nSPS) is 31.2. The van der Waals surface area contributed by atoms with Crippen molar-refractivity contribution in [3.05, 3.63) is 0 Å². The van der Waals surface area contributed by atoms with Crippen molar-refractivity contribution in [2.45, 2.75) is 82.3 Å². The van der Waals surface area contributed by atoms with E-state index in [1.54, 1.807) is 0 Å². The Balaban J connectivity index is 1.89. The fourth-order valence-corrected chi connectivity index (χ4v) is 3.85. The van der Waals surface area contributed by atoms with Crippen LogP contribution in [0.25, 0.3) is 0 Å². The fraction of sp³-hybridized carbons (Fsp3) is 0.867. The van der Waals surface area contributed by atoms with Crippen molar-refractivity contribution in [2.75, 3.05) is 0 Å². The number of nitrogens with one attached hydrogen (secondary N) is 1. The van der Waals surface area contributed by atoms with Crippen LogP contribution in [0.4, 0.5) is 0 Å². The Bertz CT molecular complexity index is 384. The first kappa shape index (κ1) is 12.9. The zero-order chi connectivity index (χ0) is 13.5. The van der Waals surface area contributed by atoms with E-state index in [1.165, 1.54) is 12.8 Å². The number of hydrogen-bond donors (Lipinski definition) is 1. The molecule has 4 heteroatoms. The maximum atomic E-state index is 13.0. The van der Waals surface area contributed by atoms with E-state index >= 15 is 0 Å². The van der Waals surface area contributed by atoms with Crippen LogP contribution in [0.2, 0.25) is 0 Å². The van der Waals surface area contributed by atoms with Gasteiger partial charge >= 0.3 is 0 Å². The summed E-state index contributed by atoms with van der Waals surface area (Å²) >= 11 is 0. The van der Waals surface area contributed by atoms with Crippen LogP contribution in [-0.4, -0.2) is 34.3 Å². The van der Waals surface area contributed by atoms with Crippen LogP contribution >= 0.6 is 0 Å². The maximum Gasteiger partial charge on any atom is 0.249 e. The lowest BCUT2D eigenvalue weighted by Gasteiger charge is -2.52. The minimum absolute atomic E-state index is 0.0795. The molecule has 0 aromatic carbocycles. The molecule has 3 fully saturated rings. The van der Waals surface area contributed by atoms with Gasteiger partial charge in [0.05, 0.1) is 0 Å². The summed E-state index contributed by atoms with van der Waals surface area (Å²) in [5.41, 5.74) is -0.559. The summed E-state index contributed by atoms with van der Waals surface area (Å²) in [4.78, 5) is 27.3. The highest BCUT2D eigenvalue weighted by Gasteiger charge is 2.52. The second-order valence-corrected chi connectivity index (χ2v) is 6.35. The van der Waals surface area contributed by atoms with E-state index in [0.29, 0.717) is 6.04 Å². The maximum absolute atomic E-state index is 13.0. The lowest BCUT2D eigenvalue weighted by Crippen LogP contribution is -2.72. The molecule has 4 nitrogen and oxygen atoms in total. The van der Waals surface area contributed by atoms with Crippen molar-refractivity contribution in [1.82, 2.24) is 10.2 Å². The van der Waals surface area contributed by atoms with Crippen molar-refractivity contribution >= 4 is 11.8 Å². The minimum atomic E-state index is -0.559. The smallest absolute Gasteiger partial charge is 0.249 e. The van der Waals surface area contributed by atoms with E-state index in [9.17, 15) is 9.59 Å². The van der Waals surface area contributed by atoms with Crippen molar-refractivity contribution < 1.29 is 9.59 Å². The Morgan fingerprint density at radius 1 is 1.16 bits per heavy atom. The standard InChI is InChI=1S/C15H24N2O2/c1-2-12-13(18)16-15(9-4-3-5-10-15)14(19)17(12)11-7-6-8-11/h11-12H,2-10H2,1H3,(H,16,18). The Morgan fingerprint density at radius 3 is 2.37 bits per heavy atom. The van der Waals surface area contributed by atoms with Gasteiger partial charge in [0.1, 0.15) is 11.6 Å². The molecule has 106 valence electrons. The Hall–Kier alpha value is -1.06. The molecule has 1 N–H and O–H groups in total. The first-order chi connectivity index (χ1) is 9.18. The number of carbonyl (C=O) groups is 2. The van der Waals surface area contributed by atoms with Crippen molar-refractivity contribution in [1.29, 1.82) is 0 Å². The van der Waals surface area contributed by atoms with Gasteiger partial charge in [-0.15, -0.1) is 0 Å². The van der Waals surface area contributed by atoms with Crippen LogP contribution < -0.4 is 5.32 Å². The number of nitrogens with zero attached hydrogens (tertiary/aromatic N) is 1. The quantitative estimate of drug-likeness (QED) is 0.829. The predicted molar refractivity (Wildman–Crippen MR) is 72.5 cm³/mol. The summed E-state index contributed by atoms with van der Waals surface area (Å²) in [5.74, 6) is 0.291. The second-order valence-electron chi connectivity index (χ2n) is 6.35. The molecule has 0 aromatic heterocycles. The molecule has 1 aliphatic heterocycles. The van der Waals surface area contributed by atoms with Gasteiger partial charge < -0.3 is 10.2 Å². The van der Waals surface area contributed by atoms with Crippen LogP contribution in [0, 0.1) is 0 Å². The SMILES string of the molecule is CCC1C(=O)NC2(CCCCC2)C(=O)N1C1CCC1. The summed E-state index contributed by atoms with van der Waals surface area (Å²) in [5, 5.41) is 3.09. The summed E-state index contributed by atoms with van der Waals surface area (Å²) < 4.78 is 0. The number of rotatable bonds is 2. The van der Waals surface area contributed by atoms with Crippen LogP contribution in [0.1, 0.15) is 64.7 Å². The lowest BCUT2D eigenvalue weighted by molar-refractivity contribution is -0.162. The zero-order valence-electron chi connectivity index (χ0n) is 11.8. The van der Waals surface area contributed by atoms with Crippen molar-refractivity contribution in [3.8, 4) is 0 Å². The van der Waals surface area contributed by atoms with Crippen molar-refractivity contribution in [2.24, 2.45) is 0 Å². The van der Waals surface area contributed by atoms with E-state index in [1.807, 2.05) is 11.8 Å². The van der Waals surface area contributed by atoms with Crippen LogP contribution in [0.15, 0.2) is 0 Å². The molecular formula is C15H24N2O2. The van der Waals surface area contributed by atoms with Crippen LogP contribution in [0.5, 0.6) is 0 Å². The molecule has 2 amide bonds. The average Bonchev–Trinajstić information content (AvgIpc) is 2.35. The molecule has 0 bridgehead atoms. The van der Waals surface area contributed by atoms with Crippen LogP contribution in [-0.2, 0) is 9.59 Å². The average molecular weight is 264 g/mol. The summed E-state index contributed by atoms with van der Waals surface area (Å²) in [7, 11) is 0. The van der Waals surface area contributed by atoms with Gasteiger partial charge in [0, 0.05) is 6.04 Å². The molecule has 1 spiro atoms. The Kier molecular flexibility index (Phi) is 3.27. The molecule has 3 aliphatic rings. The van der Waals surface area contributed by atoms with Gasteiger partial charge in [-0.1, -0.05) is 26.2 Å². The van der Waals surface area contributed by atoms with Gasteiger partial charge in [0.2, 0.25) is 11.8 Å². The third-order valence-electron chi connectivity index (χ3n) is 5.21. The molecule has 1 saturated heterocycles. The zero-order valence-corrected chi connectivity index (χ0v) is 11.8. The van der Waals surface area contributed by atoms with Crippen LogP contribution in [0.3, 0.4) is 0 Å². The van der Waals surface area contributed by atoms with Gasteiger partial charge in [0.25, 0.3) is 0 Å². The highest BCUT2D eigenvalue weighted by Crippen LogP contribution is 2.37. The molecule has 0 radical (unpaired) electrons. The van der Waals surface area contributed by atoms with E-state index in [2.05, 4.69) is 5.32 Å². The van der Waals surface area contributed by atoms with E-state index in [-0.39, 0.29) is 17.9 Å². The molecule has 19 heavy (non-hydrogen) atoms. The largest absolute Gasteiger partial charge is 0.340 e. The third-order valence-corrected chi connectivity index (χ3v) is 5.21. The number of amides is 2.